The van der Waals surface area contributed by atoms with Crippen molar-refractivity contribution in [1.29, 1.82) is 0 Å². The SMILES string of the molecule is CCc1ccc2c(c1)C(=O)c1ccccc1C2=O.COC(=O)c1ccc2c(c1)C(=O)c1ccccc1C2=O.COc1ccc2c(c1)C(=O)c1ccccc1C2=O.COc1cccc2c1C(=O)c1c(CO)cccc1C2=O.Cc1cc2c(cc1C)C(=O)c1ccccc1C2=O.O=C1c2ccccc2C(=O)c2cc(-c3ccccc3)ccc21. The highest BCUT2D eigenvalue weighted by molar-refractivity contribution is 6.33. The van der Waals surface area contributed by atoms with Crippen LogP contribution in [0.4, 0.5) is 0 Å². The number of esters is 1. The molecule has 6 aliphatic carbocycles. The Hall–Kier alpha value is -15.1. The Labute approximate surface area is 665 Å². The molecule has 0 spiro atoms. The molecule has 0 unspecified atom stereocenters. The maximum absolute atomic E-state index is 12.7. The van der Waals surface area contributed by atoms with Crippen molar-refractivity contribution in [2.24, 2.45) is 0 Å². The molecule has 0 heterocycles. The third-order valence-electron chi connectivity index (χ3n) is 21.0. The van der Waals surface area contributed by atoms with Gasteiger partial charge >= 0.3 is 5.97 Å². The molecule has 1 N–H and O–H groups in total. The minimum Gasteiger partial charge on any atom is -0.497 e. The normalized spacial score (nSPS) is 12.9. The first kappa shape index (κ1) is 77.6. The maximum atomic E-state index is 12.7. The average molecular weight is 1530 g/mol. The van der Waals surface area contributed by atoms with E-state index in [0.29, 0.717) is 134 Å². The van der Waals surface area contributed by atoms with Crippen LogP contribution >= 0.6 is 0 Å². The van der Waals surface area contributed by atoms with Gasteiger partial charge in [-0.15, -0.1) is 0 Å². The second-order valence-corrected chi connectivity index (χ2v) is 27.6. The summed E-state index contributed by atoms with van der Waals surface area (Å²) in [6, 6.07) is 78.3. The van der Waals surface area contributed by atoms with Gasteiger partial charge < -0.3 is 19.3 Å². The van der Waals surface area contributed by atoms with Crippen LogP contribution in [-0.4, -0.2) is 102 Å². The lowest BCUT2D eigenvalue weighted by atomic mass is 9.81. The lowest BCUT2D eigenvalue weighted by Gasteiger charge is -2.21. The zero-order chi connectivity index (χ0) is 81.9. The van der Waals surface area contributed by atoms with Crippen molar-refractivity contribution in [2.45, 2.75) is 33.8 Å². The Morgan fingerprint density at radius 3 is 1.01 bits per heavy atom. The lowest BCUT2D eigenvalue weighted by molar-refractivity contribution is 0.0599. The number of ether oxygens (including phenoxy) is 3. The minimum absolute atomic E-state index is 0.0458. The molecule has 0 saturated heterocycles. The van der Waals surface area contributed by atoms with Crippen LogP contribution in [0.1, 0.15) is 231 Å². The summed E-state index contributed by atoms with van der Waals surface area (Å²) in [4.78, 5) is 161. The van der Waals surface area contributed by atoms with Gasteiger partial charge in [0.15, 0.2) is 69.4 Å². The molecule has 17 nitrogen and oxygen atoms in total. The van der Waals surface area contributed by atoms with Gasteiger partial charge in [-0.25, -0.2) is 4.79 Å². The van der Waals surface area contributed by atoms with E-state index >= 15 is 0 Å². The molecular formula is C99H68O17. The van der Waals surface area contributed by atoms with Gasteiger partial charge in [0.05, 0.1) is 39.1 Å². The minimum atomic E-state index is -0.535. The number of benzene rings is 13. The Kier molecular flexibility index (Phi) is 21.9. The fourth-order valence-corrected chi connectivity index (χ4v) is 14.8. The molecule has 13 aromatic rings. The van der Waals surface area contributed by atoms with E-state index in [2.05, 4.69) is 4.74 Å². The number of methoxy groups -OCH3 is 3. The topological polar surface area (TPSA) is 270 Å². The van der Waals surface area contributed by atoms with Gasteiger partial charge in [-0.1, -0.05) is 207 Å². The second-order valence-electron chi connectivity index (χ2n) is 27.6. The van der Waals surface area contributed by atoms with Gasteiger partial charge in [-0.3, -0.25) is 57.5 Å². The number of rotatable bonds is 6. The molecule has 0 fully saturated rings. The molecule has 0 saturated carbocycles. The number of hydrogen-bond donors (Lipinski definition) is 1. The summed E-state index contributed by atoms with van der Waals surface area (Å²) in [5, 5.41) is 9.38. The van der Waals surface area contributed by atoms with E-state index in [0.717, 1.165) is 34.2 Å². The number of carbonyl (C=O) groups is 13. The number of ketones is 12. The van der Waals surface area contributed by atoms with Crippen LogP contribution in [0, 0.1) is 13.8 Å². The molecule has 0 aliphatic heterocycles. The van der Waals surface area contributed by atoms with E-state index in [1.54, 1.807) is 188 Å². The Balaban J connectivity index is 0.000000115. The van der Waals surface area contributed by atoms with Crippen LogP contribution < -0.4 is 9.47 Å². The fourth-order valence-electron chi connectivity index (χ4n) is 14.8. The van der Waals surface area contributed by atoms with Gasteiger partial charge in [0.2, 0.25) is 0 Å². The van der Waals surface area contributed by atoms with Crippen molar-refractivity contribution in [3.05, 3.63) is 434 Å². The quantitative estimate of drug-likeness (QED) is 0.152. The third-order valence-corrected chi connectivity index (χ3v) is 21.0. The highest BCUT2D eigenvalue weighted by Gasteiger charge is 2.37. The third kappa shape index (κ3) is 14.3. The van der Waals surface area contributed by atoms with Gasteiger partial charge in [-0.05, 0) is 126 Å². The van der Waals surface area contributed by atoms with E-state index in [9.17, 15) is 67.4 Å². The summed E-state index contributed by atoms with van der Waals surface area (Å²) in [6.07, 6.45) is 0.858. The standard InChI is InChI=1S/C20H12O2.C16H12O4.C16H10O4.2C16H12O2.C15H10O3/c21-19-15-8-4-5-9-16(15)20(22)18-12-14(10-11-17(18)19)13-6-2-1-3-7-13;1-20-12-7-3-6-11-14(12)16(19)13-9(8-17)4-2-5-10(13)15(11)18;1-20-16(19)9-6-7-12-13(8-9)15(18)11-5-3-2-4-10(11)14(12)17;1-9-7-13-14(8-10(9)2)16(18)12-6-4-3-5-11(12)15(13)17;1-2-10-7-8-13-14(9-10)16(18)12-6-4-3-5-11(12)15(13)17;1-18-9-6-7-12-13(8-9)15(17)11-5-3-2-4-10(11)14(12)16/h1-12H;2-7,17H,8H2,1H3;2-8H,1H3;3-8H,1-2H3;3-9H,2H2,1H3;2-8H,1H3. The first-order valence-corrected chi connectivity index (χ1v) is 36.9. The molecule has 0 amide bonds. The van der Waals surface area contributed by atoms with Crippen LogP contribution in [0.25, 0.3) is 11.1 Å². The second kappa shape index (κ2) is 32.7. The molecule has 17 heteroatoms. The van der Waals surface area contributed by atoms with Crippen molar-refractivity contribution in [2.75, 3.05) is 21.3 Å². The summed E-state index contributed by atoms with van der Waals surface area (Å²) in [5.74, 6) is -1.13. The molecule has 566 valence electrons. The summed E-state index contributed by atoms with van der Waals surface area (Å²) < 4.78 is 14.9. The first-order valence-electron chi connectivity index (χ1n) is 36.9. The van der Waals surface area contributed by atoms with Crippen LogP contribution in [0.15, 0.2) is 273 Å². The maximum Gasteiger partial charge on any atom is 0.337 e. The number of fused-ring (bicyclic) bond motifs is 12. The van der Waals surface area contributed by atoms with Crippen molar-refractivity contribution in [3.63, 3.8) is 0 Å². The van der Waals surface area contributed by atoms with E-state index in [4.69, 9.17) is 9.47 Å². The van der Waals surface area contributed by atoms with Gasteiger partial charge in [0.1, 0.15) is 11.5 Å². The number of aliphatic hydroxyl groups excluding tert-OH is 1. The predicted octanol–water partition coefficient (Wildman–Crippen LogP) is 16.9. The van der Waals surface area contributed by atoms with E-state index in [1.165, 1.54) is 39.5 Å². The molecule has 116 heavy (non-hydrogen) atoms. The molecule has 0 bridgehead atoms. The van der Waals surface area contributed by atoms with E-state index in [-0.39, 0.29) is 98.3 Å². The molecule has 19 rings (SSSR count). The number of aliphatic hydroxyl groups is 1. The Morgan fingerprint density at radius 2 is 0.603 bits per heavy atom. The Morgan fingerprint density at radius 1 is 0.276 bits per heavy atom. The van der Waals surface area contributed by atoms with Crippen molar-refractivity contribution >= 4 is 75.4 Å². The van der Waals surface area contributed by atoms with E-state index in [1.807, 2.05) is 87.5 Å². The van der Waals surface area contributed by atoms with Crippen LogP contribution in [0.2, 0.25) is 0 Å². The molecule has 0 radical (unpaired) electrons. The first-order chi connectivity index (χ1) is 56.1. The highest BCUT2D eigenvalue weighted by Crippen LogP contribution is 2.38. The van der Waals surface area contributed by atoms with Crippen LogP contribution in [0.5, 0.6) is 11.5 Å². The summed E-state index contributed by atoms with van der Waals surface area (Å²) in [5.41, 5.74) is 16.3. The smallest absolute Gasteiger partial charge is 0.337 e. The van der Waals surface area contributed by atoms with Crippen molar-refractivity contribution in [1.82, 2.24) is 0 Å². The summed E-state index contributed by atoms with van der Waals surface area (Å²) in [6.45, 7) is 5.65. The fraction of sp³-hybridized carbons (Fsp3) is 0.0808. The van der Waals surface area contributed by atoms with Gasteiger partial charge in [0, 0.05) is 128 Å². The molecule has 0 aromatic heterocycles. The Bertz CT molecular complexity index is 6190. The van der Waals surface area contributed by atoms with E-state index < -0.39 is 5.97 Å². The number of hydrogen-bond acceptors (Lipinski definition) is 17. The monoisotopic (exact) mass is 1530 g/mol. The zero-order valence-electron chi connectivity index (χ0n) is 63.4. The largest absolute Gasteiger partial charge is 0.497 e. The zero-order valence-corrected chi connectivity index (χ0v) is 63.4. The lowest BCUT2D eigenvalue weighted by Crippen LogP contribution is -2.23. The highest BCUT2D eigenvalue weighted by atomic mass is 16.5. The molecule has 0 atom stereocenters. The summed E-state index contributed by atoms with van der Waals surface area (Å²) >= 11 is 0. The predicted molar refractivity (Wildman–Crippen MR) is 433 cm³/mol. The van der Waals surface area contributed by atoms with Crippen LogP contribution in [-0.2, 0) is 17.8 Å². The average Bonchev–Trinajstić information content (AvgIpc) is 0.755. The number of carbonyl (C=O) groups excluding carboxylic acids is 13. The van der Waals surface area contributed by atoms with Crippen molar-refractivity contribution < 1.29 is 81.6 Å². The summed E-state index contributed by atoms with van der Waals surface area (Å²) in [7, 11) is 4.26. The molecule has 13 aromatic carbocycles. The van der Waals surface area contributed by atoms with Gasteiger partial charge in [-0.2, -0.15) is 0 Å². The van der Waals surface area contributed by atoms with Crippen LogP contribution in [0.3, 0.4) is 0 Å². The molecular weight excluding hydrogens is 1460 g/mol. The molecule has 6 aliphatic rings. The van der Waals surface area contributed by atoms with Crippen molar-refractivity contribution in [3.8, 4) is 22.6 Å². The number of aryl methyl sites for hydroxylation is 3. The van der Waals surface area contributed by atoms with Gasteiger partial charge in [0.25, 0.3) is 0 Å².